The molecule has 0 amide bonds. The van der Waals surface area contributed by atoms with Crippen LogP contribution in [0.1, 0.15) is 380 Å². The Bertz CT molecular complexity index is 1770. The summed E-state index contributed by atoms with van der Waals surface area (Å²) in [5.41, 5.74) is 0. The van der Waals surface area contributed by atoms with Gasteiger partial charge in [-0.25, -0.2) is 4.57 Å². The van der Waals surface area contributed by atoms with Crippen LogP contribution in [0.2, 0.25) is 0 Å². The predicted molar refractivity (Wildman–Crippen MR) is 395 cm³/mol. The van der Waals surface area contributed by atoms with E-state index in [9.17, 15) is 19.0 Å². The first-order valence-corrected chi connectivity index (χ1v) is 40.7. The number of quaternary nitrogens is 1. The van der Waals surface area contributed by atoms with E-state index in [1.54, 1.807) is 0 Å². The summed E-state index contributed by atoms with van der Waals surface area (Å²) in [7, 11) is 1.49. The lowest BCUT2D eigenvalue weighted by Gasteiger charge is -2.24. The van der Waals surface area contributed by atoms with Crippen LogP contribution in [0.4, 0.5) is 0 Å². The van der Waals surface area contributed by atoms with Gasteiger partial charge in [0.05, 0.1) is 27.7 Å². The molecule has 10 heteroatoms. The lowest BCUT2D eigenvalue weighted by molar-refractivity contribution is -0.870. The van der Waals surface area contributed by atoms with Gasteiger partial charge < -0.3 is 18.9 Å². The fourth-order valence-electron chi connectivity index (χ4n) is 11.6. The smallest absolute Gasteiger partial charge is 0.462 e. The molecule has 91 heavy (non-hydrogen) atoms. The molecule has 0 aromatic rings. The maximum Gasteiger partial charge on any atom is 0.472 e. The molecule has 0 rings (SSSR count). The molecule has 0 bridgehead atoms. The highest BCUT2D eigenvalue weighted by molar-refractivity contribution is 7.47. The number of likely N-dealkylation sites (N-methyl/N-ethyl adjacent to an activating group) is 1. The van der Waals surface area contributed by atoms with Crippen LogP contribution < -0.4 is 0 Å². The monoisotopic (exact) mass is 1300 g/mol. The summed E-state index contributed by atoms with van der Waals surface area (Å²) in [6.07, 6.45) is 97.6. The van der Waals surface area contributed by atoms with Crippen LogP contribution in [0.5, 0.6) is 0 Å². The average molecular weight is 1300 g/mol. The van der Waals surface area contributed by atoms with Crippen LogP contribution in [0.25, 0.3) is 0 Å². The molecule has 0 heterocycles. The molecule has 0 saturated carbocycles. The second kappa shape index (κ2) is 71.7. The molecule has 0 aliphatic heterocycles. The number of carbonyl (C=O) groups is 2. The highest BCUT2D eigenvalue weighted by Crippen LogP contribution is 2.43. The molecule has 0 radical (unpaired) electrons. The SMILES string of the molecule is CC/C=C\C/C=C\C/C=C\C/C=C\C/C=C\C/C=C\CCCCCCCCCCCCCCC(=O)OC(COC(=O)CCCCCCCCCCCCCCCCCCCCCCCCCCCCCCCCCCCCCC)COP(=O)(O)OCC[N+](C)(C)C. The summed E-state index contributed by atoms with van der Waals surface area (Å²) in [6.45, 7) is 4.38. The largest absolute Gasteiger partial charge is 0.472 e. The van der Waals surface area contributed by atoms with Crippen LogP contribution in [-0.4, -0.2) is 74.9 Å². The van der Waals surface area contributed by atoms with E-state index in [1.807, 2.05) is 21.1 Å². The van der Waals surface area contributed by atoms with Gasteiger partial charge in [-0.05, 0) is 64.2 Å². The van der Waals surface area contributed by atoms with Crippen molar-refractivity contribution in [3.8, 4) is 0 Å². The highest BCUT2D eigenvalue weighted by Gasteiger charge is 2.27. The first kappa shape index (κ1) is 88.5. The van der Waals surface area contributed by atoms with Crippen molar-refractivity contribution in [3.05, 3.63) is 72.9 Å². The number of ether oxygens (including phenoxy) is 2. The van der Waals surface area contributed by atoms with Crippen molar-refractivity contribution in [1.82, 2.24) is 0 Å². The Kier molecular flexibility index (Phi) is 69.7. The van der Waals surface area contributed by atoms with Crippen molar-refractivity contribution in [2.45, 2.75) is 386 Å². The van der Waals surface area contributed by atoms with E-state index < -0.39 is 26.5 Å². The Morgan fingerprint density at radius 3 is 0.934 bits per heavy atom. The van der Waals surface area contributed by atoms with Gasteiger partial charge in [-0.3, -0.25) is 18.6 Å². The summed E-state index contributed by atoms with van der Waals surface area (Å²) < 4.78 is 34.8. The van der Waals surface area contributed by atoms with Crippen molar-refractivity contribution < 1.29 is 42.1 Å². The third-order valence-electron chi connectivity index (χ3n) is 17.5. The molecule has 2 atom stereocenters. The first-order chi connectivity index (χ1) is 44.5. The zero-order valence-corrected chi connectivity index (χ0v) is 61.7. The summed E-state index contributed by atoms with van der Waals surface area (Å²) in [5, 5.41) is 0. The van der Waals surface area contributed by atoms with Crippen molar-refractivity contribution in [2.24, 2.45) is 0 Å². The maximum absolute atomic E-state index is 12.9. The molecular weight excluding hydrogens is 1150 g/mol. The normalized spacial score (nSPS) is 13.4. The van der Waals surface area contributed by atoms with E-state index in [-0.39, 0.29) is 25.6 Å². The third-order valence-corrected chi connectivity index (χ3v) is 18.5. The number of nitrogens with zero attached hydrogens (tertiary/aromatic N) is 1. The van der Waals surface area contributed by atoms with Crippen LogP contribution in [0, 0.1) is 0 Å². The molecule has 532 valence electrons. The number of carbonyl (C=O) groups excluding carboxylic acids is 2. The number of hydrogen-bond donors (Lipinski definition) is 1. The fraction of sp³-hybridized carbons (Fsp3) is 0.827. The molecule has 0 fully saturated rings. The van der Waals surface area contributed by atoms with Crippen LogP contribution in [0.15, 0.2) is 72.9 Å². The van der Waals surface area contributed by atoms with E-state index in [0.717, 1.165) is 77.0 Å². The predicted octanol–water partition coefficient (Wildman–Crippen LogP) is 25.9. The minimum absolute atomic E-state index is 0.0311. The Morgan fingerprint density at radius 1 is 0.352 bits per heavy atom. The van der Waals surface area contributed by atoms with Gasteiger partial charge in [-0.15, -0.1) is 0 Å². The number of phosphoric acid groups is 1. The molecule has 0 aliphatic carbocycles. The van der Waals surface area contributed by atoms with E-state index in [2.05, 4.69) is 86.8 Å². The van der Waals surface area contributed by atoms with Gasteiger partial charge in [-0.1, -0.05) is 376 Å². The van der Waals surface area contributed by atoms with E-state index >= 15 is 0 Å². The standard InChI is InChI=1S/C81H150NO8P/c1-6-8-10-12-14-16-18-20-22-24-26-28-30-32-34-36-38-39-40-41-42-44-45-47-49-51-53-55-57-59-61-63-65-67-69-71-73-80(83)87-77-79(78-89-91(85,86)88-76-75-82(3,4)5)90-81(84)74-72-70-68-66-64-62-60-58-56-54-52-50-48-46-43-37-35-33-31-29-27-25-23-21-19-17-15-13-11-9-7-2/h9,11,15,17,21,23,27,29,33,35,43,46,79H,6-8,10,12-14,16,18-20,22,24-26,28,30-32,34,36-42,44-45,47-78H2,1-5H3/p+1/b11-9-,17-15-,23-21-,29-27-,35-33-,46-43-. The maximum atomic E-state index is 12.9. The van der Waals surface area contributed by atoms with Gasteiger partial charge in [0, 0.05) is 12.8 Å². The fourth-order valence-corrected chi connectivity index (χ4v) is 12.3. The lowest BCUT2D eigenvalue weighted by atomic mass is 10.0. The molecular formula is C81H151NO8P+. The van der Waals surface area contributed by atoms with Crippen LogP contribution in [-0.2, 0) is 32.7 Å². The number of rotatable bonds is 73. The highest BCUT2D eigenvalue weighted by atomic mass is 31.2. The molecule has 0 aromatic heterocycles. The van der Waals surface area contributed by atoms with E-state index in [0.29, 0.717) is 23.9 Å². The van der Waals surface area contributed by atoms with Gasteiger partial charge in [-0.2, -0.15) is 0 Å². The number of hydrogen-bond acceptors (Lipinski definition) is 7. The zero-order valence-electron chi connectivity index (χ0n) is 60.8. The van der Waals surface area contributed by atoms with Crippen molar-refractivity contribution >= 4 is 19.8 Å². The average Bonchev–Trinajstić information content (AvgIpc) is 3.30. The summed E-state index contributed by atoms with van der Waals surface area (Å²) in [6, 6.07) is 0. The summed E-state index contributed by atoms with van der Waals surface area (Å²) in [4.78, 5) is 36.0. The Balaban J connectivity index is 3.95. The van der Waals surface area contributed by atoms with E-state index in [4.69, 9.17) is 18.5 Å². The minimum atomic E-state index is -4.40. The van der Waals surface area contributed by atoms with Crippen LogP contribution >= 0.6 is 7.82 Å². The lowest BCUT2D eigenvalue weighted by Crippen LogP contribution is -2.37. The van der Waals surface area contributed by atoms with Crippen LogP contribution in [0.3, 0.4) is 0 Å². The minimum Gasteiger partial charge on any atom is -0.462 e. The quantitative estimate of drug-likeness (QED) is 0.0211. The van der Waals surface area contributed by atoms with Gasteiger partial charge in [0.15, 0.2) is 6.10 Å². The topological polar surface area (TPSA) is 108 Å². The van der Waals surface area contributed by atoms with Gasteiger partial charge in [0.2, 0.25) is 0 Å². The third kappa shape index (κ3) is 76.4. The molecule has 0 aromatic carbocycles. The summed E-state index contributed by atoms with van der Waals surface area (Å²) >= 11 is 0. The molecule has 0 aliphatic rings. The number of esters is 2. The number of unbranched alkanes of at least 4 members (excludes halogenated alkanes) is 47. The molecule has 1 N–H and O–H groups in total. The second-order valence-corrected chi connectivity index (χ2v) is 29.2. The zero-order chi connectivity index (χ0) is 66.2. The molecule has 2 unspecified atom stereocenters. The Hall–Kier alpha value is -2.55. The molecule has 0 saturated heterocycles. The number of allylic oxidation sites excluding steroid dienone is 12. The van der Waals surface area contributed by atoms with Crippen molar-refractivity contribution in [1.29, 1.82) is 0 Å². The summed E-state index contributed by atoms with van der Waals surface area (Å²) in [5.74, 6) is -0.784. The van der Waals surface area contributed by atoms with Gasteiger partial charge in [0.1, 0.15) is 19.8 Å². The molecule has 9 nitrogen and oxygen atoms in total. The first-order valence-electron chi connectivity index (χ1n) is 39.2. The van der Waals surface area contributed by atoms with E-state index in [1.165, 1.54) is 270 Å². The van der Waals surface area contributed by atoms with Gasteiger partial charge in [0.25, 0.3) is 0 Å². The van der Waals surface area contributed by atoms with Gasteiger partial charge >= 0.3 is 19.8 Å². The number of phosphoric ester groups is 1. The second-order valence-electron chi connectivity index (χ2n) is 27.7. The van der Waals surface area contributed by atoms with Crippen molar-refractivity contribution in [3.63, 3.8) is 0 Å². The molecule has 0 spiro atoms. The Labute approximate surface area is 565 Å². The Morgan fingerprint density at radius 2 is 0.626 bits per heavy atom. The van der Waals surface area contributed by atoms with Crippen molar-refractivity contribution in [2.75, 3.05) is 47.5 Å².